The number of hydrogen-bond acceptors (Lipinski definition) is 5. The molecule has 0 radical (unpaired) electrons. The zero-order valence-corrected chi connectivity index (χ0v) is 17.0. The number of pyridine rings is 1. The van der Waals surface area contributed by atoms with Gasteiger partial charge in [-0.1, -0.05) is 0 Å². The quantitative estimate of drug-likeness (QED) is 0.639. The van der Waals surface area contributed by atoms with E-state index in [0.717, 1.165) is 12.1 Å². The van der Waals surface area contributed by atoms with E-state index in [-0.39, 0.29) is 36.5 Å². The lowest BCUT2D eigenvalue weighted by atomic mass is 10.0. The summed E-state index contributed by atoms with van der Waals surface area (Å²) in [4.78, 5) is 21.3. The molecule has 3 aromatic rings. The molecule has 0 aliphatic carbocycles. The van der Waals surface area contributed by atoms with Crippen LogP contribution in [-0.4, -0.2) is 51.0 Å². The van der Waals surface area contributed by atoms with E-state index in [2.05, 4.69) is 15.3 Å². The second kappa shape index (κ2) is 8.37. The third-order valence-corrected chi connectivity index (χ3v) is 5.55. The van der Waals surface area contributed by atoms with Gasteiger partial charge in [0, 0.05) is 31.4 Å². The van der Waals surface area contributed by atoms with Gasteiger partial charge in [-0.2, -0.15) is 5.26 Å². The Balaban J connectivity index is 1.82. The minimum Gasteiger partial charge on any atom is -0.465 e. The molecular formula is C21H19F3N6O2. The standard InChI is InChI=1S/C21H19F3N6O2/c1-11(16-3-2-12(8-25)9-26-16)30-18-7-13(22)6-15(24)19(18)28-20(30)29-5-4-14(23)17(10-29)27-21(31)32/h2-3,6-7,9,11,14,17,27H,4-5,10H2,1H3,(H,31,32)/t11?,14-,17-/m1/s1. The Labute approximate surface area is 180 Å². The number of alkyl halides is 1. The van der Waals surface area contributed by atoms with Gasteiger partial charge in [0.05, 0.1) is 28.9 Å². The Morgan fingerprint density at radius 3 is 2.81 bits per heavy atom. The summed E-state index contributed by atoms with van der Waals surface area (Å²) in [5, 5.41) is 20.2. The predicted octanol–water partition coefficient (Wildman–Crippen LogP) is 3.37. The maximum absolute atomic E-state index is 14.5. The number of benzene rings is 1. The third kappa shape index (κ3) is 3.91. The number of aromatic nitrogens is 3. The molecule has 1 aliphatic rings. The monoisotopic (exact) mass is 444 g/mol. The molecule has 1 fully saturated rings. The number of piperidine rings is 1. The summed E-state index contributed by atoms with van der Waals surface area (Å²) in [6.07, 6.45) is -1.30. The van der Waals surface area contributed by atoms with E-state index in [1.54, 1.807) is 28.5 Å². The van der Waals surface area contributed by atoms with Crippen molar-refractivity contribution in [3.63, 3.8) is 0 Å². The van der Waals surface area contributed by atoms with Gasteiger partial charge in [0.1, 0.15) is 23.6 Å². The van der Waals surface area contributed by atoms with Gasteiger partial charge in [0.2, 0.25) is 5.95 Å². The fourth-order valence-corrected chi connectivity index (χ4v) is 3.96. The van der Waals surface area contributed by atoms with Crippen molar-refractivity contribution < 1.29 is 23.1 Å². The summed E-state index contributed by atoms with van der Waals surface area (Å²) < 4.78 is 44.5. The van der Waals surface area contributed by atoms with Crippen molar-refractivity contribution in [1.29, 1.82) is 5.26 Å². The molecule has 11 heteroatoms. The van der Waals surface area contributed by atoms with Gasteiger partial charge in [0.15, 0.2) is 5.82 Å². The number of nitrogens with zero attached hydrogens (tertiary/aromatic N) is 5. The first-order chi connectivity index (χ1) is 15.3. The van der Waals surface area contributed by atoms with E-state index >= 15 is 0 Å². The van der Waals surface area contributed by atoms with E-state index in [4.69, 9.17) is 10.4 Å². The Kier molecular flexibility index (Phi) is 5.61. The van der Waals surface area contributed by atoms with Crippen LogP contribution in [0.1, 0.15) is 30.6 Å². The second-order valence-electron chi connectivity index (χ2n) is 7.60. The fraction of sp³-hybridized carbons (Fsp3) is 0.333. The fourth-order valence-electron chi connectivity index (χ4n) is 3.96. The van der Waals surface area contributed by atoms with Crippen molar-refractivity contribution in [2.45, 2.75) is 31.6 Å². The van der Waals surface area contributed by atoms with Gasteiger partial charge >= 0.3 is 6.09 Å². The molecule has 1 aromatic carbocycles. The summed E-state index contributed by atoms with van der Waals surface area (Å²) in [6, 6.07) is 5.55. The van der Waals surface area contributed by atoms with E-state index in [9.17, 15) is 18.0 Å². The number of nitriles is 1. The number of imidazole rings is 1. The van der Waals surface area contributed by atoms with Crippen LogP contribution in [0.2, 0.25) is 0 Å². The maximum Gasteiger partial charge on any atom is 0.405 e. The van der Waals surface area contributed by atoms with Gasteiger partial charge in [-0.3, -0.25) is 4.98 Å². The number of anilines is 1. The van der Waals surface area contributed by atoms with Gasteiger partial charge in [-0.15, -0.1) is 0 Å². The normalized spacial score (nSPS) is 19.5. The molecule has 3 atom stereocenters. The van der Waals surface area contributed by atoms with Crippen LogP contribution in [0.25, 0.3) is 11.0 Å². The zero-order chi connectivity index (χ0) is 23.0. The molecule has 1 amide bonds. The Morgan fingerprint density at radius 2 is 2.16 bits per heavy atom. The molecule has 166 valence electrons. The molecule has 2 N–H and O–H groups in total. The molecule has 8 nitrogen and oxygen atoms in total. The summed E-state index contributed by atoms with van der Waals surface area (Å²) in [6.45, 7) is 1.94. The van der Waals surface area contributed by atoms with Crippen LogP contribution < -0.4 is 10.2 Å². The van der Waals surface area contributed by atoms with Crippen molar-refractivity contribution >= 4 is 23.1 Å². The third-order valence-electron chi connectivity index (χ3n) is 5.55. The first-order valence-corrected chi connectivity index (χ1v) is 9.90. The number of nitrogens with one attached hydrogen (secondary N) is 1. The molecule has 1 aliphatic heterocycles. The van der Waals surface area contributed by atoms with Gasteiger partial charge < -0.3 is 19.9 Å². The topological polar surface area (TPSA) is 107 Å². The highest BCUT2D eigenvalue weighted by molar-refractivity contribution is 5.80. The minimum absolute atomic E-state index is 0.0333. The number of halogens is 3. The summed E-state index contributed by atoms with van der Waals surface area (Å²) in [5.41, 5.74) is 1.00. The number of hydrogen-bond donors (Lipinski definition) is 2. The van der Waals surface area contributed by atoms with E-state index in [1.807, 2.05) is 6.07 Å². The van der Waals surface area contributed by atoms with Crippen LogP contribution in [0.4, 0.5) is 23.9 Å². The maximum atomic E-state index is 14.5. The van der Waals surface area contributed by atoms with Gasteiger partial charge in [0.25, 0.3) is 0 Å². The Morgan fingerprint density at radius 1 is 1.38 bits per heavy atom. The van der Waals surface area contributed by atoms with E-state index in [1.165, 1.54) is 6.20 Å². The van der Waals surface area contributed by atoms with Crippen molar-refractivity contribution in [1.82, 2.24) is 19.9 Å². The molecule has 0 spiro atoms. The van der Waals surface area contributed by atoms with Gasteiger partial charge in [-0.25, -0.2) is 22.9 Å². The molecule has 1 saturated heterocycles. The van der Waals surface area contributed by atoms with E-state index < -0.39 is 36.0 Å². The minimum atomic E-state index is -1.38. The highest BCUT2D eigenvalue weighted by Gasteiger charge is 2.34. The number of carbonyl (C=O) groups is 1. The molecule has 4 rings (SSSR count). The van der Waals surface area contributed by atoms with Crippen molar-refractivity contribution in [3.05, 3.63) is 53.4 Å². The first kappa shape index (κ1) is 21.4. The van der Waals surface area contributed by atoms with Crippen LogP contribution in [0.3, 0.4) is 0 Å². The van der Waals surface area contributed by atoms with Crippen molar-refractivity contribution in [3.8, 4) is 6.07 Å². The zero-order valence-electron chi connectivity index (χ0n) is 17.0. The number of amides is 1. The summed E-state index contributed by atoms with van der Waals surface area (Å²) >= 11 is 0. The largest absolute Gasteiger partial charge is 0.465 e. The van der Waals surface area contributed by atoms with Crippen LogP contribution in [0.15, 0.2) is 30.5 Å². The van der Waals surface area contributed by atoms with Crippen LogP contribution >= 0.6 is 0 Å². The molecule has 3 heterocycles. The van der Waals surface area contributed by atoms with Crippen LogP contribution in [-0.2, 0) is 0 Å². The molecule has 0 bridgehead atoms. The Hall–Kier alpha value is -3.81. The number of carboxylic acid groups (broad SMARTS) is 1. The Bertz CT molecular complexity index is 1210. The van der Waals surface area contributed by atoms with Crippen molar-refractivity contribution in [2.75, 3.05) is 18.0 Å². The molecule has 0 saturated carbocycles. The molecule has 2 aromatic heterocycles. The first-order valence-electron chi connectivity index (χ1n) is 9.90. The lowest BCUT2D eigenvalue weighted by Crippen LogP contribution is -2.54. The lowest BCUT2D eigenvalue weighted by Gasteiger charge is -2.36. The van der Waals surface area contributed by atoms with Crippen LogP contribution in [0.5, 0.6) is 0 Å². The average Bonchev–Trinajstić information content (AvgIpc) is 3.14. The highest BCUT2D eigenvalue weighted by Crippen LogP contribution is 2.33. The second-order valence-corrected chi connectivity index (χ2v) is 7.60. The summed E-state index contributed by atoms with van der Waals surface area (Å²) in [5.74, 6) is -1.39. The number of rotatable bonds is 4. The molecular weight excluding hydrogens is 425 g/mol. The number of fused-ring (bicyclic) bond motifs is 1. The van der Waals surface area contributed by atoms with Gasteiger partial charge in [-0.05, 0) is 25.5 Å². The SMILES string of the molecule is CC(c1ccc(C#N)cn1)n1c(N2CC[C@@H](F)[C@H](NC(=O)O)C2)nc2c(F)cc(F)cc21. The van der Waals surface area contributed by atoms with Crippen molar-refractivity contribution in [2.24, 2.45) is 0 Å². The van der Waals surface area contributed by atoms with Crippen LogP contribution in [0, 0.1) is 23.0 Å². The predicted molar refractivity (Wildman–Crippen MR) is 109 cm³/mol. The lowest BCUT2D eigenvalue weighted by molar-refractivity contribution is 0.167. The highest BCUT2D eigenvalue weighted by atomic mass is 19.1. The molecule has 1 unspecified atom stereocenters. The smallest absolute Gasteiger partial charge is 0.405 e. The summed E-state index contributed by atoms with van der Waals surface area (Å²) in [7, 11) is 0. The molecule has 32 heavy (non-hydrogen) atoms. The average molecular weight is 444 g/mol. The van der Waals surface area contributed by atoms with E-state index in [0.29, 0.717) is 11.3 Å².